The van der Waals surface area contributed by atoms with Crippen LogP contribution < -0.4 is 4.57 Å². The molecule has 0 unspecified atom stereocenters. The second-order valence-corrected chi connectivity index (χ2v) is 6.62. The number of nitrogens with zero attached hydrogens (tertiary/aromatic N) is 3. The minimum absolute atomic E-state index is 0.111. The highest BCUT2D eigenvalue weighted by Gasteiger charge is 2.36. The van der Waals surface area contributed by atoms with Crippen molar-refractivity contribution in [1.29, 1.82) is 0 Å². The SMILES string of the molecule is CC(C)C[C@@H]1CCc2nn(-c3c(F)c(F)c(F)c(F)c3F)c[n+]21.F[B-](F)(F)F. The molecule has 28 heavy (non-hydrogen) atoms. The molecule has 0 saturated heterocycles. The van der Waals surface area contributed by atoms with Gasteiger partial charge in [0, 0.05) is 11.5 Å². The van der Waals surface area contributed by atoms with Crippen LogP contribution in [0.25, 0.3) is 5.69 Å². The first-order chi connectivity index (χ1) is 12.8. The maximum atomic E-state index is 13.9. The van der Waals surface area contributed by atoms with Crippen molar-refractivity contribution in [3.8, 4) is 5.69 Å². The molecule has 3 nitrogen and oxygen atoms in total. The summed E-state index contributed by atoms with van der Waals surface area (Å²) in [5.41, 5.74) is -1.05. The fourth-order valence-corrected chi connectivity index (χ4v) is 2.98. The molecule has 0 amide bonds. The minimum atomic E-state index is -6.00. The third-order valence-corrected chi connectivity index (χ3v) is 4.01. The van der Waals surface area contributed by atoms with Gasteiger partial charge in [0.1, 0.15) is 0 Å². The Labute approximate surface area is 153 Å². The Hall–Kier alpha value is -2.21. The normalized spacial score (nSPS) is 16.2. The summed E-state index contributed by atoms with van der Waals surface area (Å²) < 4.78 is 109. The molecule has 3 rings (SSSR count). The molecule has 13 heteroatoms. The van der Waals surface area contributed by atoms with E-state index in [4.69, 9.17) is 0 Å². The third kappa shape index (κ3) is 4.79. The Morgan fingerprint density at radius 3 is 1.93 bits per heavy atom. The number of aryl methyl sites for hydroxylation is 1. The Morgan fingerprint density at radius 1 is 1.00 bits per heavy atom. The average molecular weight is 419 g/mol. The van der Waals surface area contributed by atoms with Crippen LogP contribution >= 0.6 is 0 Å². The van der Waals surface area contributed by atoms with Crippen LogP contribution in [0.15, 0.2) is 6.33 Å². The molecule has 2 heterocycles. The largest absolute Gasteiger partial charge is 0.673 e. The van der Waals surface area contributed by atoms with Gasteiger partial charge in [-0.1, -0.05) is 18.5 Å². The van der Waals surface area contributed by atoms with Gasteiger partial charge in [-0.25, -0.2) is 17.7 Å². The zero-order valence-electron chi connectivity index (χ0n) is 14.7. The van der Waals surface area contributed by atoms with Crippen molar-refractivity contribution < 1.29 is 43.8 Å². The highest BCUT2D eigenvalue weighted by atomic mass is 19.5. The van der Waals surface area contributed by atoms with Crippen LogP contribution in [-0.2, 0) is 6.42 Å². The van der Waals surface area contributed by atoms with Crippen molar-refractivity contribution >= 4 is 7.25 Å². The molecule has 1 aliphatic rings. The van der Waals surface area contributed by atoms with Crippen LogP contribution in [-0.4, -0.2) is 17.0 Å². The average Bonchev–Trinajstić information content (AvgIpc) is 3.11. The van der Waals surface area contributed by atoms with Gasteiger partial charge in [-0.05, 0) is 18.8 Å². The molecule has 0 N–H and O–H groups in total. The Bertz CT molecular complexity index is 828. The van der Waals surface area contributed by atoms with Crippen LogP contribution in [0.1, 0.15) is 38.6 Å². The van der Waals surface area contributed by atoms with E-state index >= 15 is 0 Å². The van der Waals surface area contributed by atoms with Crippen molar-refractivity contribution in [3.05, 3.63) is 41.2 Å². The van der Waals surface area contributed by atoms with Gasteiger partial charge in [-0.3, -0.25) is 0 Å². The highest BCUT2D eigenvalue weighted by molar-refractivity contribution is 6.50. The predicted octanol–water partition coefficient (Wildman–Crippen LogP) is 4.69. The van der Waals surface area contributed by atoms with Gasteiger partial charge in [0.25, 0.3) is 5.82 Å². The summed E-state index contributed by atoms with van der Waals surface area (Å²) in [6.45, 7) is 4.10. The molecule has 1 aromatic heterocycles. The van der Waals surface area contributed by atoms with Crippen molar-refractivity contribution in [3.63, 3.8) is 0 Å². The second-order valence-electron chi connectivity index (χ2n) is 6.62. The number of aromatic nitrogens is 3. The molecule has 1 aromatic carbocycles. The van der Waals surface area contributed by atoms with Crippen LogP contribution in [0.4, 0.5) is 39.2 Å². The van der Waals surface area contributed by atoms with E-state index < -0.39 is 42.0 Å². The first-order valence-corrected chi connectivity index (χ1v) is 8.20. The first kappa shape index (κ1) is 22.1. The molecule has 0 radical (unpaired) electrons. The monoisotopic (exact) mass is 419 g/mol. The summed E-state index contributed by atoms with van der Waals surface area (Å²) in [6.07, 6.45) is 3.59. The van der Waals surface area contributed by atoms with E-state index in [1.54, 1.807) is 4.57 Å². The van der Waals surface area contributed by atoms with Gasteiger partial charge in [0.2, 0.25) is 41.1 Å². The van der Waals surface area contributed by atoms with Gasteiger partial charge in [0.05, 0.1) is 6.04 Å². The number of benzene rings is 1. The smallest absolute Gasteiger partial charge is 0.418 e. The summed E-state index contributed by atoms with van der Waals surface area (Å²) >= 11 is 0. The van der Waals surface area contributed by atoms with Gasteiger partial charge in [-0.15, -0.1) is 0 Å². The molecular weight excluding hydrogens is 404 g/mol. The zero-order chi connectivity index (χ0) is 21.4. The van der Waals surface area contributed by atoms with Crippen molar-refractivity contribution in [2.45, 2.75) is 39.2 Å². The third-order valence-electron chi connectivity index (χ3n) is 4.01. The molecule has 2 aromatic rings. The van der Waals surface area contributed by atoms with Crippen LogP contribution in [0, 0.1) is 35.0 Å². The van der Waals surface area contributed by atoms with Gasteiger partial charge < -0.3 is 17.3 Å². The molecule has 0 spiro atoms. The summed E-state index contributed by atoms with van der Waals surface area (Å²) in [6, 6.07) is 0.111. The summed E-state index contributed by atoms with van der Waals surface area (Å²) in [4.78, 5) is 0. The maximum absolute atomic E-state index is 13.9. The number of hydrogen-bond donors (Lipinski definition) is 0. The topological polar surface area (TPSA) is 21.7 Å². The molecule has 0 saturated carbocycles. The first-order valence-electron chi connectivity index (χ1n) is 8.20. The number of hydrogen-bond acceptors (Lipinski definition) is 1. The number of rotatable bonds is 3. The summed E-state index contributed by atoms with van der Waals surface area (Å²) in [5.74, 6) is -8.91. The lowest BCUT2D eigenvalue weighted by Crippen LogP contribution is -2.36. The molecule has 1 aliphatic heterocycles. The van der Waals surface area contributed by atoms with Gasteiger partial charge in [0.15, 0.2) is 0 Å². The van der Waals surface area contributed by atoms with E-state index in [9.17, 15) is 39.2 Å². The van der Waals surface area contributed by atoms with Crippen molar-refractivity contribution in [1.82, 2.24) is 9.78 Å². The van der Waals surface area contributed by atoms with Crippen LogP contribution in [0.5, 0.6) is 0 Å². The Balaban J connectivity index is 0.000000500. The van der Waals surface area contributed by atoms with Crippen LogP contribution in [0.3, 0.4) is 0 Å². The van der Waals surface area contributed by atoms with E-state index in [1.807, 2.05) is 13.8 Å². The molecule has 156 valence electrons. The molecule has 0 bridgehead atoms. The van der Waals surface area contributed by atoms with Crippen molar-refractivity contribution in [2.75, 3.05) is 0 Å². The Kier molecular flexibility index (Phi) is 6.34. The fourth-order valence-electron chi connectivity index (χ4n) is 2.98. The summed E-state index contributed by atoms with van der Waals surface area (Å²) in [7, 11) is -6.00. The maximum Gasteiger partial charge on any atom is 0.673 e. The number of halogens is 9. The number of fused-ring (bicyclic) bond motifs is 1. The molecule has 0 aliphatic carbocycles. The van der Waals surface area contributed by atoms with E-state index in [-0.39, 0.29) is 6.04 Å². The predicted molar refractivity (Wildman–Crippen MR) is 80.5 cm³/mol. The fraction of sp³-hybridized carbons (Fsp3) is 0.467. The van der Waals surface area contributed by atoms with Crippen LogP contribution in [0.2, 0.25) is 0 Å². The van der Waals surface area contributed by atoms with E-state index in [2.05, 4.69) is 5.10 Å². The molecule has 0 fully saturated rings. The van der Waals surface area contributed by atoms with E-state index in [1.165, 1.54) is 6.33 Å². The lowest BCUT2D eigenvalue weighted by Gasteiger charge is -2.11. The summed E-state index contributed by atoms with van der Waals surface area (Å²) in [5, 5.41) is 4.00. The van der Waals surface area contributed by atoms with Gasteiger partial charge >= 0.3 is 7.25 Å². The zero-order valence-corrected chi connectivity index (χ0v) is 14.7. The molecular formula is C15H15BF9N3. The second kappa shape index (κ2) is 8.04. The molecule has 1 atom stereocenters. The highest BCUT2D eigenvalue weighted by Crippen LogP contribution is 2.27. The lowest BCUT2D eigenvalue weighted by molar-refractivity contribution is -0.718. The standard InChI is InChI=1S/C15H15F5N3.BF4/c1-7(2)5-8-3-4-9-21-23(6-22(8)9)15-13(19)11(17)10(16)12(18)14(15)20;2-1(3,4)5/h6-8H,3-5H2,1-2H3;/q+1;-1/t8-;/m0./s1. The lowest BCUT2D eigenvalue weighted by atomic mass is 10.0. The minimum Gasteiger partial charge on any atom is -0.418 e. The van der Waals surface area contributed by atoms with Crippen molar-refractivity contribution in [2.24, 2.45) is 5.92 Å². The van der Waals surface area contributed by atoms with E-state index in [0.717, 1.165) is 17.5 Å². The Morgan fingerprint density at radius 2 is 1.46 bits per heavy atom. The van der Waals surface area contributed by atoms with E-state index in [0.29, 0.717) is 18.2 Å². The van der Waals surface area contributed by atoms with Gasteiger partial charge in [-0.2, -0.15) is 8.78 Å². The quantitative estimate of drug-likeness (QED) is 0.233.